The van der Waals surface area contributed by atoms with E-state index in [1.165, 1.54) is 12.8 Å². The Labute approximate surface area is 126 Å². The van der Waals surface area contributed by atoms with E-state index in [1.807, 2.05) is 19.1 Å². The van der Waals surface area contributed by atoms with Gasteiger partial charge in [-0.1, -0.05) is 30.5 Å². The molecule has 1 spiro atoms. The predicted molar refractivity (Wildman–Crippen MR) is 81.5 cm³/mol. The lowest BCUT2D eigenvalue weighted by atomic mass is 9.84. The second kappa shape index (κ2) is 5.38. The Morgan fingerprint density at radius 2 is 1.86 bits per heavy atom. The maximum Gasteiger partial charge on any atom is 0.243 e. The third-order valence-corrected chi connectivity index (χ3v) is 6.98. The van der Waals surface area contributed by atoms with Gasteiger partial charge in [-0.15, -0.1) is 0 Å². The Morgan fingerprint density at radius 3 is 2.43 bits per heavy atom. The average Bonchev–Trinajstić information content (AvgIpc) is 3.07. The van der Waals surface area contributed by atoms with Crippen molar-refractivity contribution in [1.82, 2.24) is 4.31 Å². The highest BCUT2D eigenvalue weighted by Crippen LogP contribution is 2.49. The van der Waals surface area contributed by atoms with E-state index in [-0.39, 0.29) is 18.1 Å². The molecular formula is C16H23NO3S. The van der Waals surface area contributed by atoms with Crippen molar-refractivity contribution in [2.75, 3.05) is 13.2 Å². The third-order valence-electron chi connectivity index (χ3n) is 5.07. The molecule has 0 radical (unpaired) electrons. The monoisotopic (exact) mass is 309 g/mol. The molecule has 1 aliphatic carbocycles. The van der Waals surface area contributed by atoms with Crippen LogP contribution in [0.1, 0.15) is 37.7 Å². The fourth-order valence-corrected chi connectivity index (χ4v) is 5.62. The van der Waals surface area contributed by atoms with Gasteiger partial charge < -0.3 is 5.11 Å². The summed E-state index contributed by atoms with van der Waals surface area (Å²) in [5.41, 5.74) is 1.15. The van der Waals surface area contributed by atoms with E-state index in [4.69, 9.17) is 0 Å². The topological polar surface area (TPSA) is 57.6 Å². The fourth-order valence-electron chi connectivity index (χ4n) is 3.90. The van der Waals surface area contributed by atoms with Crippen molar-refractivity contribution in [3.05, 3.63) is 29.8 Å². The summed E-state index contributed by atoms with van der Waals surface area (Å²) in [4.78, 5) is 0.335. The van der Waals surface area contributed by atoms with Gasteiger partial charge in [-0.2, -0.15) is 4.31 Å². The van der Waals surface area contributed by atoms with Crippen LogP contribution in [0.2, 0.25) is 0 Å². The molecule has 4 nitrogen and oxygen atoms in total. The van der Waals surface area contributed by atoms with Crippen LogP contribution < -0.4 is 0 Å². The number of sulfonamides is 1. The summed E-state index contributed by atoms with van der Waals surface area (Å²) in [6.45, 7) is 2.41. The van der Waals surface area contributed by atoms with Crippen molar-refractivity contribution < 1.29 is 13.5 Å². The first kappa shape index (κ1) is 15.0. The molecule has 2 fully saturated rings. The van der Waals surface area contributed by atoms with E-state index in [1.54, 1.807) is 16.4 Å². The average molecular weight is 309 g/mol. The Kier molecular flexibility index (Phi) is 3.84. The van der Waals surface area contributed by atoms with Gasteiger partial charge in [0, 0.05) is 12.6 Å². The lowest BCUT2D eigenvalue weighted by Crippen LogP contribution is -2.38. The van der Waals surface area contributed by atoms with Crippen LogP contribution in [0, 0.1) is 12.3 Å². The SMILES string of the molecule is Cc1ccc(S(=O)(=O)N2CC3(CCCC3)CC2CO)cc1. The maximum absolute atomic E-state index is 12.9. The first-order valence-corrected chi connectivity index (χ1v) is 9.10. The zero-order chi connectivity index (χ0) is 15.1. The first-order chi connectivity index (χ1) is 9.97. The minimum absolute atomic E-state index is 0.0904. The smallest absolute Gasteiger partial charge is 0.243 e. The number of aliphatic hydroxyl groups excluding tert-OH is 1. The van der Waals surface area contributed by atoms with Gasteiger partial charge in [0.2, 0.25) is 10.0 Å². The molecule has 1 saturated carbocycles. The quantitative estimate of drug-likeness (QED) is 0.932. The van der Waals surface area contributed by atoms with E-state index in [9.17, 15) is 13.5 Å². The number of aryl methyl sites for hydroxylation is 1. The molecule has 1 saturated heterocycles. The molecule has 116 valence electrons. The Balaban J connectivity index is 1.92. The first-order valence-electron chi connectivity index (χ1n) is 7.66. The minimum atomic E-state index is -3.51. The lowest BCUT2D eigenvalue weighted by Gasteiger charge is -2.24. The zero-order valence-electron chi connectivity index (χ0n) is 12.5. The van der Waals surface area contributed by atoms with E-state index < -0.39 is 10.0 Å². The summed E-state index contributed by atoms with van der Waals surface area (Å²) in [5.74, 6) is 0. The largest absolute Gasteiger partial charge is 0.395 e. The van der Waals surface area contributed by atoms with Crippen LogP contribution in [-0.2, 0) is 10.0 Å². The summed E-state index contributed by atoms with van der Waals surface area (Å²) in [7, 11) is -3.51. The molecule has 1 heterocycles. The summed E-state index contributed by atoms with van der Waals surface area (Å²) >= 11 is 0. The number of aliphatic hydroxyl groups is 1. The summed E-state index contributed by atoms with van der Waals surface area (Å²) in [6.07, 6.45) is 5.33. The highest BCUT2D eigenvalue weighted by Gasteiger charge is 2.49. The molecule has 0 bridgehead atoms. The van der Waals surface area contributed by atoms with Gasteiger partial charge in [-0.05, 0) is 43.7 Å². The van der Waals surface area contributed by atoms with Gasteiger partial charge in [-0.3, -0.25) is 0 Å². The Morgan fingerprint density at radius 1 is 1.24 bits per heavy atom. The molecule has 1 N–H and O–H groups in total. The minimum Gasteiger partial charge on any atom is -0.395 e. The Hall–Kier alpha value is -0.910. The van der Waals surface area contributed by atoms with Crippen LogP contribution in [0.4, 0.5) is 0 Å². The highest BCUT2D eigenvalue weighted by molar-refractivity contribution is 7.89. The zero-order valence-corrected chi connectivity index (χ0v) is 13.3. The molecule has 0 aromatic heterocycles. The number of hydrogen-bond donors (Lipinski definition) is 1. The van der Waals surface area contributed by atoms with Gasteiger partial charge in [0.15, 0.2) is 0 Å². The van der Waals surface area contributed by atoms with Gasteiger partial charge in [-0.25, -0.2) is 8.42 Å². The van der Waals surface area contributed by atoms with Crippen LogP contribution in [-0.4, -0.2) is 37.0 Å². The van der Waals surface area contributed by atoms with Crippen LogP contribution >= 0.6 is 0 Å². The van der Waals surface area contributed by atoms with Gasteiger partial charge >= 0.3 is 0 Å². The number of hydrogen-bond acceptors (Lipinski definition) is 3. The second-order valence-electron chi connectivity index (χ2n) is 6.61. The van der Waals surface area contributed by atoms with Gasteiger partial charge in [0.1, 0.15) is 0 Å². The lowest BCUT2D eigenvalue weighted by molar-refractivity contribution is 0.212. The molecule has 0 amide bonds. The van der Waals surface area contributed by atoms with Crippen molar-refractivity contribution >= 4 is 10.0 Å². The van der Waals surface area contributed by atoms with Crippen LogP contribution in [0.25, 0.3) is 0 Å². The number of benzene rings is 1. The predicted octanol–water partition coefficient (Wildman–Crippen LogP) is 2.31. The standard InChI is InChI=1S/C16H23NO3S/c1-13-4-6-15(7-5-13)21(19,20)17-12-16(8-2-3-9-16)10-14(17)11-18/h4-7,14,18H,2-3,8-12H2,1H3. The molecule has 21 heavy (non-hydrogen) atoms. The van der Waals surface area contributed by atoms with Crippen LogP contribution in [0.3, 0.4) is 0 Å². The highest BCUT2D eigenvalue weighted by atomic mass is 32.2. The molecule has 1 unspecified atom stereocenters. The maximum atomic E-state index is 12.9. The summed E-state index contributed by atoms with van der Waals surface area (Å²) in [5, 5.41) is 9.63. The molecule has 5 heteroatoms. The van der Waals surface area contributed by atoms with Gasteiger partial charge in [0.25, 0.3) is 0 Å². The molecule has 1 atom stereocenters. The van der Waals surface area contributed by atoms with Crippen molar-refractivity contribution in [2.45, 2.75) is 50.0 Å². The fraction of sp³-hybridized carbons (Fsp3) is 0.625. The molecule has 1 aliphatic heterocycles. The molecule has 1 aromatic rings. The van der Waals surface area contributed by atoms with E-state index in [0.29, 0.717) is 11.4 Å². The normalized spacial score (nSPS) is 25.7. The molecule has 1 aromatic carbocycles. The third kappa shape index (κ3) is 2.62. The van der Waals surface area contributed by atoms with Crippen LogP contribution in [0.15, 0.2) is 29.2 Å². The summed E-state index contributed by atoms with van der Waals surface area (Å²) in [6, 6.07) is 6.71. The second-order valence-corrected chi connectivity index (χ2v) is 8.50. The van der Waals surface area contributed by atoms with E-state index >= 15 is 0 Å². The molecule has 3 rings (SSSR count). The Bertz CT molecular complexity index is 603. The van der Waals surface area contributed by atoms with Gasteiger partial charge in [0.05, 0.1) is 11.5 Å². The molecular weight excluding hydrogens is 286 g/mol. The van der Waals surface area contributed by atoms with Crippen molar-refractivity contribution in [1.29, 1.82) is 0 Å². The van der Waals surface area contributed by atoms with E-state index in [2.05, 4.69) is 0 Å². The molecule has 2 aliphatic rings. The van der Waals surface area contributed by atoms with Crippen molar-refractivity contribution in [2.24, 2.45) is 5.41 Å². The number of rotatable bonds is 3. The summed E-state index contributed by atoms with van der Waals surface area (Å²) < 4.78 is 27.3. The van der Waals surface area contributed by atoms with Crippen molar-refractivity contribution in [3.63, 3.8) is 0 Å². The van der Waals surface area contributed by atoms with Crippen LogP contribution in [0.5, 0.6) is 0 Å². The number of nitrogens with zero attached hydrogens (tertiary/aromatic N) is 1. The van der Waals surface area contributed by atoms with Crippen molar-refractivity contribution in [3.8, 4) is 0 Å². The van der Waals surface area contributed by atoms with E-state index in [0.717, 1.165) is 24.8 Å².